The third-order valence-corrected chi connectivity index (χ3v) is 2.43. The topological polar surface area (TPSA) is 35.0 Å². The summed E-state index contributed by atoms with van der Waals surface area (Å²) in [6.07, 6.45) is -3.39. The summed E-state index contributed by atoms with van der Waals surface area (Å²) in [5.74, 6) is -0.283. The molecule has 0 saturated heterocycles. The molecule has 0 fully saturated rings. The maximum atomic E-state index is 12.1. The Labute approximate surface area is 109 Å². The lowest BCUT2D eigenvalue weighted by molar-refractivity contribution is -0.274. The van der Waals surface area contributed by atoms with E-state index in [1.807, 2.05) is 0 Å². The summed E-state index contributed by atoms with van der Waals surface area (Å²) in [6, 6.07) is 7.20. The Morgan fingerprint density at radius 1 is 1.11 bits per heavy atom. The summed E-state index contributed by atoms with van der Waals surface area (Å²) < 4.78 is 40.6. The Morgan fingerprint density at radius 3 is 2.56 bits per heavy atom. The fraction of sp³-hybridized carbons (Fsp3) is 0.0909. The number of rotatable bonds is 2. The number of alkyl halides is 3. The van der Waals surface area contributed by atoms with Gasteiger partial charge in [-0.1, -0.05) is 12.1 Å². The maximum absolute atomic E-state index is 12.1. The number of halogens is 4. The number of hydrogen-bond donors (Lipinski definition) is 0. The lowest BCUT2D eigenvalue weighted by atomic mass is 10.1. The van der Waals surface area contributed by atoms with Crippen LogP contribution in [0, 0.1) is 0 Å². The van der Waals surface area contributed by atoms with E-state index in [1.165, 1.54) is 24.5 Å². The van der Waals surface area contributed by atoms with Crippen LogP contribution in [-0.2, 0) is 0 Å². The first-order valence-corrected chi connectivity index (χ1v) is 5.57. The molecule has 3 nitrogen and oxygen atoms in total. The van der Waals surface area contributed by atoms with Crippen LogP contribution < -0.4 is 4.74 Å². The summed E-state index contributed by atoms with van der Waals surface area (Å²) in [4.78, 5) is 7.81. The van der Waals surface area contributed by atoms with E-state index in [1.54, 1.807) is 12.1 Å². The van der Waals surface area contributed by atoms with Crippen LogP contribution in [-0.4, -0.2) is 16.3 Å². The minimum Gasteiger partial charge on any atom is -0.406 e. The van der Waals surface area contributed by atoms with E-state index >= 15 is 0 Å². The standard InChI is InChI=1S/C11H6BrF3N2O/c12-10-5-9(16-6-17-10)7-2-1-3-8(4-7)18-11(13,14)15/h1-6H. The van der Waals surface area contributed by atoms with Crippen LogP contribution in [0.1, 0.15) is 0 Å². The third kappa shape index (κ3) is 3.43. The number of aromatic nitrogens is 2. The normalized spacial score (nSPS) is 11.3. The second-order valence-corrected chi connectivity index (χ2v) is 4.11. The van der Waals surface area contributed by atoms with Crippen LogP contribution in [0.4, 0.5) is 13.2 Å². The van der Waals surface area contributed by atoms with Crippen LogP contribution in [0.15, 0.2) is 41.3 Å². The highest BCUT2D eigenvalue weighted by Gasteiger charge is 2.31. The van der Waals surface area contributed by atoms with Crippen LogP contribution >= 0.6 is 15.9 Å². The van der Waals surface area contributed by atoms with E-state index in [0.717, 1.165) is 0 Å². The van der Waals surface area contributed by atoms with E-state index in [4.69, 9.17) is 0 Å². The summed E-state index contributed by atoms with van der Waals surface area (Å²) in [7, 11) is 0. The van der Waals surface area contributed by atoms with Crippen LogP contribution in [0.25, 0.3) is 11.3 Å². The van der Waals surface area contributed by atoms with Crippen LogP contribution in [0.3, 0.4) is 0 Å². The highest BCUT2D eigenvalue weighted by Crippen LogP contribution is 2.27. The van der Waals surface area contributed by atoms with Gasteiger partial charge < -0.3 is 4.74 Å². The highest BCUT2D eigenvalue weighted by atomic mass is 79.9. The lowest BCUT2D eigenvalue weighted by Gasteiger charge is -2.09. The maximum Gasteiger partial charge on any atom is 0.573 e. The summed E-state index contributed by atoms with van der Waals surface area (Å²) in [6.45, 7) is 0. The Morgan fingerprint density at radius 2 is 1.89 bits per heavy atom. The highest BCUT2D eigenvalue weighted by molar-refractivity contribution is 9.10. The molecule has 0 aliphatic carbocycles. The average molecular weight is 319 g/mol. The van der Waals surface area contributed by atoms with Gasteiger partial charge in [0.2, 0.25) is 0 Å². The first-order valence-electron chi connectivity index (χ1n) is 4.78. The van der Waals surface area contributed by atoms with Crippen molar-refractivity contribution in [3.8, 4) is 17.0 Å². The van der Waals surface area contributed by atoms with Gasteiger partial charge in [-0.05, 0) is 34.1 Å². The molecular formula is C11H6BrF3N2O. The molecule has 94 valence electrons. The summed E-state index contributed by atoms with van der Waals surface area (Å²) in [5, 5.41) is 0. The molecule has 0 atom stereocenters. The van der Waals surface area contributed by atoms with Crippen molar-refractivity contribution in [2.75, 3.05) is 0 Å². The van der Waals surface area contributed by atoms with E-state index in [2.05, 4.69) is 30.6 Å². The predicted octanol–water partition coefficient (Wildman–Crippen LogP) is 3.80. The van der Waals surface area contributed by atoms with Gasteiger partial charge in [-0.25, -0.2) is 9.97 Å². The molecule has 1 aromatic heterocycles. The molecule has 0 aliphatic rings. The monoisotopic (exact) mass is 318 g/mol. The molecule has 2 rings (SSSR count). The fourth-order valence-corrected chi connectivity index (χ4v) is 1.65. The third-order valence-electron chi connectivity index (χ3n) is 2.00. The van der Waals surface area contributed by atoms with Crippen molar-refractivity contribution >= 4 is 15.9 Å². The molecule has 0 aliphatic heterocycles. The lowest BCUT2D eigenvalue weighted by Crippen LogP contribution is -2.17. The molecule has 1 heterocycles. The first kappa shape index (κ1) is 12.8. The van der Waals surface area contributed by atoms with Crippen molar-refractivity contribution in [3.63, 3.8) is 0 Å². The number of hydrogen-bond acceptors (Lipinski definition) is 3. The van der Waals surface area contributed by atoms with Gasteiger partial charge in [0, 0.05) is 5.56 Å². The van der Waals surface area contributed by atoms with Gasteiger partial charge >= 0.3 is 6.36 Å². The van der Waals surface area contributed by atoms with Gasteiger partial charge in [-0.3, -0.25) is 0 Å². The van der Waals surface area contributed by atoms with Gasteiger partial charge in [0.25, 0.3) is 0 Å². The molecule has 0 bridgehead atoms. The fourth-order valence-electron chi connectivity index (χ4n) is 1.34. The van der Waals surface area contributed by atoms with Gasteiger partial charge in [0.05, 0.1) is 5.69 Å². The first-order chi connectivity index (χ1) is 8.44. The van der Waals surface area contributed by atoms with Gasteiger partial charge in [-0.2, -0.15) is 0 Å². The van der Waals surface area contributed by atoms with E-state index in [9.17, 15) is 13.2 Å². The number of ether oxygens (including phenoxy) is 1. The minimum absolute atomic E-state index is 0.283. The van der Waals surface area contributed by atoms with Crippen molar-refractivity contribution in [2.24, 2.45) is 0 Å². The molecular weight excluding hydrogens is 313 g/mol. The molecule has 0 unspecified atom stereocenters. The Hall–Kier alpha value is -1.63. The molecule has 2 aromatic rings. The average Bonchev–Trinajstić information content (AvgIpc) is 2.27. The molecule has 0 radical (unpaired) electrons. The molecule has 0 N–H and O–H groups in total. The zero-order valence-corrected chi connectivity index (χ0v) is 10.4. The summed E-state index contributed by atoms with van der Waals surface area (Å²) >= 11 is 3.16. The second kappa shape index (κ2) is 4.93. The quantitative estimate of drug-likeness (QED) is 0.790. The van der Waals surface area contributed by atoms with E-state index in [0.29, 0.717) is 15.9 Å². The molecule has 0 saturated carbocycles. The molecule has 0 amide bonds. The van der Waals surface area contributed by atoms with Crippen molar-refractivity contribution in [2.45, 2.75) is 6.36 Å². The molecule has 18 heavy (non-hydrogen) atoms. The number of nitrogens with zero attached hydrogens (tertiary/aromatic N) is 2. The zero-order valence-electron chi connectivity index (χ0n) is 8.78. The number of benzene rings is 1. The van der Waals surface area contributed by atoms with Gasteiger partial charge in [0.1, 0.15) is 16.7 Å². The Bertz CT molecular complexity index is 560. The van der Waals surface area contributed by atoms with Gasteiger partial charge in [-0.15, -0.1) is 13.2 Å². The minimum atomic E-state index is -4.70. The van der Waals surface area contributed by atoms with E-state index < -0.39 is 6.36 Å². The predicted molar refractivity (Wildman–Crippen MR) is 61.9 cm³/mol. The zero-order chi connectivity index (χ0) is 13.2. The summed E-state index contributed by atoms with van der Waals surface area (Å²) in [5.41, 5.74) is 1.02. The Kier molecular flexibility index (Phi) is 3.51. The van der Waals surface area contributed by atoms with Gasteiger partial charge in [0.15, 0.2) is 0 Å². The van der Waals surface area contributed by atoms with Crippen LogP contribution in [0.5, 0.6) is 5.75 Å². The largest absolute Gasteiger partial charge is 0.573 e. The molecule has 0 spiro atoms. The SMILES string of the molecule is FC(F)(F)Oc1cccc(-c2cc(Br)ncn2)c1. The van der Waals surface area contributed by atoms with Crippen molar-refractivity contribution < 1.29 is 17.9 Å². The van der Waals surface area contributed by atoms with Crippen LogP contribution in [0.2, 0.25) is 0 Å². The van der Waals surface area contributed by atoms with Crippen molar-refractivity contribution in [1.82, 2.24) is 9.97 Å². The van der Waals surface area contributed by atoms with E-state index in [-0.39, 0.29) is 5.75 Å². The smallest absolute Gasteiger partial charge is 0.406 e. The van der Waals surface area contributed by atoms with Crippen molar-refractivity contribution in [3.05, 3.63) is 41.3 Å². The Balaban J connectivity index is 2.33. The molecule has 7 heteroatoms. The van der Waals surface area contributed by atoms with Crippen molar-refractivity contribution in [1.29, 1.82) is 0 Å². The second-order valence-electron chi connectivity index (χ2n) is 3.30. The molecule has 1 aromatic carbocycles.